The standard InChI is InChI=1S/C41H34Cl2N4O9/c1-55-27-12-7-23(8-13-27)41-32(38(50)46(40(41)52)44-34-16-9-24(42)19-33(34)43)21-31-29(36(41)22-5-10-28(11-6-22)56-18-17-48)14-15-30-35(31)39(51)45(37(30)49)25-3-2-4-26(20-25)47(53)54/h2-14,16,19-20,30-32,35-36,44,48H,15,17-18,21H2,1H3. The molecule has 4 aromatic carbocycles. The summed E-state index contributed by atoms with van der Waals surface area (Å²) >= 11 is 12.7. The second kappa shape index (κ2) is 14.4. The van der Waals surface area contributed by atoms with Crippen LogP contribution in [0, 0.1) is 33.8 Å². The van der Waals surface area contributed by atoms with Crippen LogP contribution in [-0.4, -0.2) is 59.0 Å². The fraction of sp³-hybridized carbons (Fsp3) is 0.268. The van der Waals surface area contributed by atoms with Gasteiger partial charge >= 0.3 is 0 Å². The zero-order valence-corrected chi connectivity index (χ0v) is 31.3. The van der Waals surface area contributed by atoms with Crippen molar-refractivity contribution in [3.05, 3.63) is 134 Å². The number of hydrogen-bond acceptors (Lipinski definition) is 10. The lowest BCUT2D eigenvalue weighted by Gasteiger charge is -2.50. The number of benzene rings is 4. The lowest BCUT2D eigenvalue weighted by Crippen LogP contribution is -2.53. The first kappa shape index (κ1) is 37.2. The predicted octanol–water partition coefficient (Wildman–Crippen LogP) is 6.47. The van der Waals surface area contributed by atoms with E-state index in [1.165, 1.54) is 37.4 Å². The minimum atomic E-state index is -1.57. The number of carbonyl (C=O) groups excluding carboxylic acids is 4. The third-order valence-corrected chi connectivity index (χ3v) is 12.0. The lowest BCUT2D eigenvalue weighted by atomic mass is 9.49. The number of aliphatic hydroxyl groups is 1. The smallest absolute Gasteiger partial charge is 0.271 e. The molecule has 13 nitrogen and oxygen atoms in total. The van der Waals surface area contributed by atoms with Crippen LogP contribution >= 0.6 is 23.2 Å². The van der Waals surface area contributed by atoms with E-state index in [9.17, 15) is 29.6 Å². The summed E-state index contributed by atoms with van der Waals surface area (Å²) in [6.45, 7) is -0.129. The number of amides is 4. The van der Waals surface area contributed by atoms with E-state index in [-0.39, 0.29) is 48.1 Å². The Hall–Kier alpha value is -5.76. The molecule has 0 bridgehead atoms. The van der Waals surface area contributed by atoms with Crippen LogP contribution in [0.4, 0.5) is 17.1 Å². The number of methoxy groups -OCH3 is 1. The van der Waals surface area contributed by atoms with Gasteiger partial charge in [-0.15, -0.1) is 0 Å². The molecule has 0 radical (unpaired) electrons. The number of nitrogens with one attached hydrogen (secondary N) is 1. The van der Waals surface area contributed by atoms with Gasteiger partial charge in [-0.25, -0.2) is 4.90 Å². The number of non-ortho nitro benzene ring substituents is 1. The van der Waals surface area contributed by atoms with Crippen molar-refractivity contribution in [1.29, 1.82) is 0 Å². The van der Waals surface area contributed by atoms with Crippen LogP contribution in [0.5, 0.6) is 11.5 Å². The number of nitrogens with zero attached hydrogens (tertiary/aromatic N) is 3. The molecule has 2 N–H and O–H groups in total. The molecular weight excluding hydrogens is 763 g/mol. The molecule has 2 saturated heterocycles. The minimum Gasteiger partial charge on any atom is -0.497 e. The van der Waals surface area contributed by atoms with Crippen molar-refractivity contribution < 1.29 is 38.7 Å². The number of anilines is 2. The Morgan fingerprint density at radius 2 is 1.64 bits per heavy atom. The third-order valence-electron chi connectivity index (χ3n) is 11.5. The summed E-state index contributed by atoms with van der Waals surface area (Å²) in [7, 11) is 1.52. The van der Waals surface area contributed by atoms with Crippen molar-refractivity contribution in [2.24, 2.45) is 23.7 Å². The highest BCUT2D eigenvalue weighted by Crippen LogP contribution is 2.64. The molecule has 4 aliphatic rings. The highest BCUT2D eigenvalue weighted by atomic mass is 35.5. The number of ether oxygens (including phenoxy) is 2. The van der Waals surface area contributed by atoms with Crippen LogP contribution < -0.4 is 19.8 Å². The average Bonchev–Trinajstić information content (AvgIpc) is 3.58. The molecule has 0 spiro atoms. The second-order valence-electron chi connectivity index (χ2n) is 14.1. The predicted molar refractivity (Wildman–Crippen MR) is 205 cm³/mol. The number of rotatable bonds is 10. The fourth-order valence-electron chi connectivity index (χ4n) is 9.14. The zero-order valence-electron chi connectivity index (χ0n) is 29.8. The largest absolute Gasteiger partial charge is 0.497 e. The number of nitro benzene ring substituents is 1. The third kappa shape index (κ3) is 5.80. The van der Waals surface area contributed by atoms with Crippen LogP contribution in [0.1, 0.15) is 29.9 Å². The Labute approximate surface area is 330 Å². The first-order valence-corrected chi connectivity index (χ1v) is 18.7. The van der Waals surface area contributed by atoms with E-state index in [0.29, 0.717) is 27.6 Å². The van der Waals surface area contributed by atoms with E-state index in [1.807, 2.05) is 6.08 Å². The Bertz CT molecular complexity index is 2320. The van der Waals surface area contributed by atoms with Crippen LogP contribution in [-0.2, 0) is 24.6 Å². The molecule has 286 valence electrons. The molecule has 3 fully saturated rings. The molecule has 2 aliphatic carbocycles. The van der Waals surface area contributed by atoms with E-state index in [4.69, 9.17) is 32.7 Å². The number of allylic oxidation sites excluding steroid dienone is 2. The lowest BCUT2D eigenvalue weighted by molar-refractivity contribution is -0.384. The van der Waals surface area contributed by atoms with Crippen LogP contribution in [0.2, 0.25) is 10.0 Å². The summed E-state index contributed by atoms with van der Waals surface area (Å²) in [6.07, 6.45) is 2.11. The van der Waals surface area contributed by atoms with E-state index < -0.39 is 63.6 Å². The molecular formula is C41H34Cl2N4O9. The van der Waals surface area contributed by atoms with E-state index in [1.54, 1.807) is 60.7 Å². The van der Waals surface area contributed by atoms with Gasteiger partial charge in [-0.3, -0.25) is 34.7 Å². The van der Waals surface area contributed by atoms with Gasteiger partial charge in [0.15, 0.2) is 0 Å². The topological polar surface area (TPSA) is 169 Å². The Morgan fingerprint density at radius 3 is 2.32 bits per heavy atom. The molecule has 0 aromatic heterocycles. The van der Waals surface area contributed by atoms with Gasteiger partial charge in [0, 0.05) is 23.1 Å². The van der Waals surface area contributed by atoms with Crippen molar-refractivity contribution in [1.82, 2.24) is 5.01 Å². The number of imide groups is 2. The molecule has 4 aromatic rings. The first-order valence-electron chi connectivity index (χ1n) is 17.9. The molecule has 2 heterocycles. The average molecular weight is 798 g/mol. The molecule has 6 atom stereocenters. The van der Waals surface area contributed by atoms with E-state index in [0.717, 1.165) is 15.5 Å². The Kier molecular flexibility index (Phi) is 9.55. The van der Waals surface area contributed by atoms with Gasteiger partial charge in [-0.1, -0.05) is 65.2 Å². The highest BCUT2D eigenvalue weighted by Gasteiger charge is 2.70. The molecule has 15 heteroatoms. The van der Waals surface area contributed by atoms with Crippen LogP contribution in [0.3, 0.4) is 0 Å². The van der Waals surface area contributed by atoms with Gasteiger partial charge in [-0.2, -0.15) is 5.01 Å². The highest BCUT2D eigenvalue weighted by molar-refractivity contribution is 6.36. The van der Waals surface area contributed by atoms with Gasteiger partial charge in [0.1, 0.15) is 18.1 Å². The monoisotopic (exact) mass is 796 g/mol. The van der Waals surface area contributed by atoms with Gasteiger partial charge in [0.2, 0.25) is 11.8 Å². The summed E-state index contributed by atoms with van der Waals surface area (Å²) in [5, 5.41) is 22.5. The van der Waals surface area contributed by atoms with Gasteiger partial charge < -0.3 is 14.6 Å². The molecule has 56 heavy (non-hydrogen) atoms. The van der Waals surface area contributed by atoms with Gasteiger partial charge in [0.05, 0.1) is 58.2 Å². The van der Waals surface area contributed by atoms with Crippen molar-refractivity contribution in [3.8, 4) is 11.5 Å². The Balaban J connectivity index is 1.30. The summed E-state index contributed by atoms with van der Waals surface area (Å²) in [4.78, 5) is 71.1. The number of nitro groups is 1. The normalized spacial score (nSPS) is 25.4. The van der Waals surface area contributed by atoms with E-state index >= 15 is 4.79 Å². The quantitative estimate of drug-likeness (QED) is 0.0786. The van der Waals surface area contributed by atoms with Crippen LogP contribution in [0.15, 0.2) is 103 Å². The fourth-order valence-corrected chi connectivity index (χ4v) is 9.59. The summed E-state index contributed by atoms with van der Waals surface area (Å²) in [6, 6.07) is 24.0. The maximum Gasteiger partial charge on any atom is 0.271 e. The molecule has 2 aliphatic heterocycles. The van der Waals surface area contributed by atoms with Gasteiger partial charge in [0.25, 0.3) is 17.5 Å². The Morgan fingerprint density at radius 1 is 0.911 bits per heavy atom. The first-order chi connectivity index (χ1) is 27.0. The molecule has 1 saturated carbocycles. The number of hydrogen-bond donors (Lipinski definition) is 2. The number of aliphatic hydroxyl groups excluding tert-OH is 1. The molecule has 4 amide bonds. The van der Waals surface area contributed by atoms with Crippen molar-refractivity contribution in [3.63, 3.8) is 0 Å². The zero-order chi connectivity index (χ0) is 39.5. The van der Waals surface area contributed by atoms with E-state index in [2.05, 4.69) is 5.43 Å². The summed E-state index contributed by atoms with van der Waals surface area (Å²) < 4.78 is 11.1. The summed E-state index contributed by atoms with van der Waals surface area (Å²) in [5.41, 5.74) is 3.40. The maximum absolute atomic E-state index is 15.4. The number of halogens is 2. The van der Waals surface area contributed by atoms with Crippen molar-refractivity contribution in [2.45, 2.75) is 24.2 Å². The second-order valence-corrected chi connectivity index (χ2v) is 15.0. The number of hydrazine groups is 1. The molecule has 8 rings (SSSR count). The van der Waals surface area contributed by atoms with Crippen LogP contribution in [0.25, 0.3) is 0 Å². The molecule has 6 unspecified atom stereocenters. The number of fused-ring (bicyclic) bond motifs is 4. The minimum absolute atomic E-state index is 0.0339. The SMILES string of the molecule is COc1ccc(C23C(=O)N(Nc4ccc(Cl)cc4Cl)C(=O)C2CC2C(=CCC4C(=O)N(c5cccc([N+](=O)[O-])c5)C(=O)C42)C3c2ccc(OCCO)cc2)cc1. The van der Waals surface area contributed by atoms with Crippen molar-refractivity contribution >= 4 is 63.9 Å². The maximum atomic E-state index is 15.4. The van der Waals surface area contributed by atoms with Gasteiger partial charge in [-0.05, 0) is 78.4 Å². The van der Waals surface area contributed by atoms with Crippen molar-refractivity contribution in [2.75, 3.05) is 30.6 Å². The summed E-state index contributed by atoms with van der Waals surface area (Å²) in [5.74, 6) is -5.38. The number of carbonyl (C=O) groups is 4.